The Morgan fingerprint density at radius 2 is 2.00 bits per heavy atom. The molecule has 0 saturated heterocycles. The molecule has 1 N–H and O–H groups in total. The van der Waals surface area contributed by atoms with Crippen LogP contribution >= 0.6 is 11.6 Å². The molecule has 102 valence electrons. The van der Waals surface area contributed by atoms with Crippen LogP contribution in [0.1, 0.15) is 31.9 Å². The Labute approximate surface area is 116 Å². The zero-order valence-corrected chi connectivity index (χ0v) is 12.8. The highest BCUT2D eigenvalue weighted by molar-refractivity contribution is 6.31. The molecule has 1 atom stereocenters. The molecule has 2 nitrogen and oxygen atoms in total. The summed E-state index contributed by atoms with van der Waals surface area (Å²) >= 11 is 6.25. The van der Waals surface area contributed by atoms with Crippen LogP contribution in [0.3, 0.4) is 0 Å². The van der Waals surface area contributed by atoms with E-state index >= 15 is 0 Å². The lowest BCUT2D eigenvalue weighted by atomic mass is 10.0. The van der Waals surface area contributed by atoms with E-state index in [0.29, 0.717) is 6.61 Å². The number of halogens is 1. The Bertz CT molecular complexity index is 385. The van der Waals surface area contributed by atoms with Crippen LogP contribution in [0.25, 0.3) is 0 Å². The van der Waals surface area contributed by atoms with Crippen LogP contribution in [-0.2, 0) is 11.2 Å². The van der Waals surface area contributed by atoms with Crippen LogP contribution in [0.2, 0.25) is 5.02 Å². The number of nitrogens with one attached hydrogen (secondary N) is 1. The molecule has 1 rings (SSSR count). The highest BCUT2D eigenvalue weighted by Gasteiger charge is 2.15. The van der Waals surface area contributed by atoms with Gasteiger partial charge in [0.05, 0.1) is 12.2 Å². The Hall–Kier alpha value is -0.570. The zero-order valence-electron chi connectivity index (χ0n) is 12.0. The molecule has 1 aromatic rings. The molecule has 1 aromatic carbocycles. The highest BCUT2D eigenvalue weighted by atomic mass is 35.5. The van der Waals surface area contributed by atoms with Crippen LogP contribution in [-0.4, -0.2) is 25.3 Å². The second-order valence-corrected chi connectivity index (χ2v) is 6.12. The van der Waals surface area contributed by atoms with E-state index in [0.717, 1.165) is 11.4 Å². The van der Waals surface area contributed by atoms with Crippen LogP contribution in [0.15, 0.2) is 18.2 Å². The van der Waals surface area contributed by atoms with Crippen molar-refractivity contribution in [2.24, 2.45) is 0 Å². The Morgan fingerprint density at radius 1 is 1.33 bits per heavy atom. The van der Waals surface area contributed by atoms with Gasteiger partial charge in [-0.25, -0.2) is 0 Å². The number of hydrogen-bond donors (Lipinski definition) is 1. The highest BCUT2D eigenvalue weighted by Crippen LogP contribution is 2.19. The first kappa shape index (κ1) is 15.5. The SMILES string of the molecule is CNC(COC(C)(C)C)Cc1ccc(C)cc1Cl. The summed E-state index contributed by atoms with van der Waals surface area (Å²) in [5.41, 5.74) is 2.25. The maximum absolute atomic E-state index is 6.25. The quantitative estimate of drug-likeness (QED) is 0.882. The van der Waals surface area contributed by atoms with Gasteiger partial charge in [-0.15, -0.1) is 0 Å². The van der Waals surface area contributed by atoms with Crippen molar-refractivity contribution in [2.45, 2.75) is 45.8 Å². The van der Waals surface area contributed by atoms with E-state index in [9.17, 15) is 0 Å². The van der Waals surface area contributed by atoms with Gasteiger partial charge in [0.2, 0.25) is 0 Å². The van der Waals surface area contributed by atoms with Gasteiger partial charge in [-0.05, 0) is 58.4 Å². The largest absolute Gasteiger partial charge is 0.374 e. The average molecular weight is 270 g/mol. The zero-order chi connectivity index (χ0) is 13.8. The van der Waals surface area contributed by atoms with Crippen molar-refractivity contribution in [1.82, 2.24) is 5.32 Å². The molecule has 18 heavy (non-hydrogen) atoms. The standard InChI is InChI=1S/C15H24ClNO/c1-11-6-7-12(14(16)8-11)9-13(17-5)10-18-15(2,3)4/h6-8,13,17H,9-10H2,1-5H3. The fourth-order valence-corrected chi connectivity index (χ4v) is 1.99. The van der Waals surface area contributed by atoms with Crippen LogP contribution in [0.5, 0.6) is 0 Å². The summed E-state index contributed by atoms with van der Waals surface area (Å²) in [6.45, 7) is 8.94. The van der Waals surface area contributed by atoms with E-state index in [-0.39, 0.29) is 11.6 Å². The van der Waals surface area contributed by atoms with E-state index in [2.05, 4.69) is 38.2 Å². The number of benzene rings is 1. The van der Waals surface area contributed by atoms with E-state index in [1.165, 1.54) is 11.1 Å². The summed E-state index contributed by atoms with van der Waals surface area (Å²) in [6, 6.07) is 6.48. The molecule has 0 saturated carbocycles. The number of hydrogen-bond acceptors (Lipinski definition) is 2. The van der Waals surface area contributed by atoms with Gasteiger partial charge in [0, 0.05) is 11.1 Å². The molecule has 0 aliphatic carbocycles. The number of aryl methyl sites for hydroxylation is 1. The summed E-state index contributed by atoms with van der Waals surface area (Å²) < 4.78 is 5.81. The first-order valence-corrected chi connectivity index (χ1v) is 6.76. The predicted molar refractivity (Wildman–Crippen MR) is 78.4 cm³/mol. The summed E-state index contributed by atoms with van der Waals surface area (Å²) in [6.07, 6.45) is 0.881. The molecule has 0 aromatic heterocycles. The summed E-state index contributed by atoms with van der Waals surface area (Å²) in [7, 11) is 1.96. The topological polar surface area (TPSA) is 21.3 Å². The molecule has 0 radical (unpaired) electrons. The Kier molecular flexibility index (Phi) is 5.64. The van der Waals surface area contributed by atoms with E-state index in [1.54, 1.807) is 0 Å². The average Bonchev–Trinajstić information content (AvgIpc) is 2.25. The molecule has 0 aliphatic heterocycles. The van der Waals surface area contributed by atoms with Gasteiger partial charge < -0.3 is 10.1 Å². The van der Waals surface area contributed by atoms with Crippen molar-refractivity contribution in [3.8, 4) is 0 Å². The molecule has 0 heterocycles. The van der Waals surface area contributed by atoms with Gasteiger partial charge in [-0.2, -0.15) is 0 Å². The summed E-state index contributed by atoms with van der Waals surface area (Å²) in [5.74, 6) is 0. The molecule has 3 heteroatoms. The lowest BCUT2D eigenvalue weighted by molar-refractivity contribution is -0.0134. The molecule has 0 bridgehead atoms. The van der Waals surface area contributed by atoms with Crippen molar-refractivity contribution in [1.29, 1.82) is 0 Å². The predicted octanol–water partition coefficient (Wildman–Crippen LogP) is 3.59. The maximum atomic E-state index is 6.25. The second-order valence-electron chi connectivity index (χ2n) is 5.71. The fourth-order valence-electron chi connectivity index (χ4n) is 1.68. The van der Waals surface area contributed by atoms with Crippen molar-refractivity contribution in [3.63, 3.8) is 0 Å². The summed E-state index contributed by atoms with van der Waals surface area (Å²) in [4.78, 5) is 0. The molecular weight excluding hydrogens is 246 g/mol. The fraction of sp³-hybridized carbons (Fsp3) is 0.600. The van der Waals surface area contributed by atoms with Gasteiger partial charge >= 0.3 is 0 Å². The van der Waals surface area contributed by atoms with Gasteiger partial charge in [-0.1, -0.05) is 23.7 Å². The van der Waals surface area contributed by atoms with E-state index in [1.807, 2.05) is 20.0 Å². The Balaban J connectivity index is 2.62. The van der Waals surface area contributed by atoms with Crippen LogP contribution < -0.4 is 5.32 Å². The lowest BCUT2D eigenvalue weighted by Gasteiger charge is -2.24. The smallest absolute Gasteiger partial charge is 0.0629 e. The molecule has 0 fully saturated rings. The number of rotatable bonds is 5. The molecular formula is C15H24ClNO. The third kappa shape index (κ3) is 5.38. The minimum Gasteiger partial charge on any atom is -0.374 e. The van der Waals surface area contributed by atoms with Crippen molar-refractivity contribution in [2.75, 3.05) is 13.7 Å². The second kappa shape index (κ2) is 6.55. The van der Waals surface area contributed by atoms with Gasteiger partial charge in [0.25, 0.3) is 0 Å². The molecule has 1 unspecified atom stereocenters. The first-order chi connectivity index (χ1) is 8.31. The minimum absolute atomic E-state index is 0.105. The van der Waals surface area contributed by atoms with Crippen molar-refractivity contribution >= 4 is 11.6 Å². The van der Waals surface area contributed by atoms with Crippen LogP contribution in [0, 0.1) is 6.92 Å². The van der Waals surface area contributed by atoms with E-state index in [4.69, 9.17) is 16.3 Å². The van der Waals surface area contributed by atoms with Crippen molar-refractivity contribution < 1.29 is 4.74 Å². The maximum Gasteiger partial charge on any atom is 0.0629 e. The van der Waals surface area contributed by atoms with Gasteiger partial charge in [0.15, 0.2) is 0 Å². The molecule has 0 amide bonds. The lowest BCUT2D eigenvalue weighted by Crippen LogP contribution is -2.36. The minimum atomic E-state index is -0.105. The normalized spacial score (nSPS) is 13.7. The monoisotopic (exact) mass is 269 g/mol. The summed E-state index contributed by atoms with van der Waals surface area (Å²) in [5, 5.41) is 4.12. The Morgan fingerprint density at radius 3 is 2.50 bits per heavy atom. The third-order valence-electron chi connectivity index (χ3n) is 2.80. The van der Waals surface area contributed by atoms with Gasteiger partial charge in [0.1, 0.15) is 0 Å². The number of likely N-dealkylation sites (N-methyl/N-ethyl adjacent to an activating group) is 1. The first-order valence-electron chi connectivity index (χ1n) is 6.38. The molecule has 0 spiro atoms. The third-order valence-corrected chi connectivity index (χ3v) is 3.15. The number of ether oxygens (including phenoxy) is 1. The van der Waals surface area contributed by atoms with E-state index < -0.39 is 0 Å². The van der Waals surface area contributed by atoms with Crippen molar-refractivity contribution in [3.05, 3.63) is 34.3 Å². The van der Waals surface area contributed by atoms with Gasteiger partial charge in [-0.3, -0.25) is 0 Å². The molecule has 0 aliphatic rings. The van der Waals surface area contributed by atoms with Crippen LogP contribution in [0.4, 0.5) is 0 Å².